The van der Waals surface area contributed by atoms with Crippen molar-refractivity contribution in [1.82, 2.24) is 4.90 Å². The van der Waals surface area contributed by atoms with E-state index in [-0.39, 0.29) is 37.9 Å². The maximum atomic E-state index is 13.4. The van der Waals surface area contributed by atoms with E-state index in [1.54, 1.807) is 24.3 Å². The highest BCUT2D eigenvalue weighted by atomic mass is 19.4. The second-order valence-corrected chi connectivity index (χ2v) is 7.66. The molecular weight excluding hydrogens is 399 g/mol. The standard InChI is InChI=1S/C22H20F3NO4/c23-22(24,25)17-8-4-3-7-16(17)21(29)9-11-26(12-10-21)19(27)18-13-14-5-1-2-6-15(14)20(28)30-18/h1-8,18,29H,9-13H2. The molecule has 4 rings (SSSR count). The monoisotopic (exact) mass is 419 g/mol. The Kier molecular flexibility index (Phi) is 5.05. The van der Waals surface area contributed by atoms with Gasteiger partial charge in [-0.25, -0.2) is 4.79 Å². The van der Waals surface area contributed by atoms with Gasteiger partial charge in [-0.2, -0.15) is 13.2 Å². The molecule has 0 saturated carbocycles. The van der Waals surface area contributed by atoms with E-state index in [0.717, 1.165) is 11.6 Å². The minimum absolute atomic E-state index is 0.0386. The zero-order chi connectivity index (χ0) is 21.5. The summed E-state index contributed by atoms with van der Waals surface area (Å²) in [4.78, 5) is 26.5. The number of nitrogens with zero attached hydrogens (tertiary/aromatic N) is 1. The van der Waals surface area contributed by atoms with Crippen LogP contribution in [-0.4, -0.2) is 41.1 Å². The summed E-state index contributed by atoms with van der Waals surface area (Å²) >= 11 is 0. The second-order valence-electron chi connectivity index (χ2n) is 7.66. The first-order valence-corrected chi connectivity index (χ1v) is 9.66. The van der Waals surface area contributed by atoms with Crippen LogP contribution in [0.5, 0.6) is 0 Å². The fourth-order valence-corrected chi connectivity index (χ4v) is 4.18. The number of fused-ring (bicyclic) bond motifs is 1. The number of alkyl halides is 3. The minimum atomic E-state index is -4.58. The third-order valence-corrected chi connectivity index (χ3v) is 5.80. The summed E-state index contributed by atoms with van der Waals surface area (Å²) in [7, 11) is 0. The Balaban J connectivity index is 1.48. The quantitative estimate of drug-likeness (QED) is 0.759. The third kappa shape index (κ3) is 3.67. The first-order chi connectivity index (χ1) is 14.2. The summed E-state index contributed by atoms with van der Waals surface area (Å²) in [5.74, 6) is -0.966. The molecule has 1 N–H and O–H groups in total. The van der Waals surface area contributed by atoms with Crippen LogP contribution in [0.4, 0.5) is 13.2 Å². The summed E-state index contributed by atoms with van der Waals surface area (Å²) in [6, 6.07) is 11.9. The van der Waals surface area contributed by atoms with Gasteiger partial charge in [-0.05, 0) is 36.1 Å². The molecule has 2 aliphatic heterocycles. The Morgan fingerprint density at radius 2 is 1.70 bits per heavy atom. The Labute approximate surface area is 171 Å². The molecule has 5 nitrogen and oxygen atoms in total. The first-order valence-electron chi connectivity index (χ1n) is 9.66. The average Bonchev–Trinajstić information content (AvgIpc) is 2.73. The van der Waals surface area contributed by atoms with Gasteiger partial charge in [0.25, 0.3) is 5.91 Å². The Morgan fingerprint density at radius 3 is 2.40 bits per heavy atom. The van der Waals surface area contributed by atoms with E-state index < -0.39 is 35.3 Å². The van der Waals surface area contributed by atoms with Crippen molar-refractivity contribution in [3.8, 4) is 0 Å². The lowest BCUT2D eigenvalue weighted by molar-refractivity contribution is -0.148. The summed E-state index contributed by atoms with van der Waals surface area (Å²) in [6.07, 6.45) is -5.38. The molecule has 1 amide bonds. The molecule has 1 atom stereocenters. The van der Waals surface area contributed by atoms with Crippen LogP contribution in [0.3, 0.4) is 0 Å². The lowest BCUT2D eigenvalue weighted by Gasteiger charge is -2.40. The van der Waals surface area contributed by atoms with E-state index in [4.69, 9.17) is 4.74 Å². The Morgan fingerprint density at radius 1 is 1.07 bits per heavy atom. The molecule has 2 heterocycles. The van der Waals surface area contributed by atoms with Crippen molar-refractivity contribution in [3.05, 3.63) is 70.8 Å². The number of halogens is 3. The number of hydrogen-bond donors (Lipinski definition) is 1. The normalized spacial score (nSPS) is 21.0. The number of piperidine rings is 1. The van der Waals surface area contributed by atoms with Crippen molar-refractivity contribution in [2.45, 2.75) is 37.1 Å². The van der Waals surface area contributed by atoms with Gasteiger partial charge in [0.2, 0.25) is 0 Å². The van der Waals surface area contributed by atoms with Crippen molar-refractivity contribution in [2.75, 3.05) is 13.1 Å². The lowest BCUT2D eigenvalue weighted by Crippen LogP contribution is -2.50. The number of hydrogen-bond acceptors (Lipinski definition) is 4. The SMILES string of the molecule is O=C1OC(C(=O)N2CCC(O)(c3ccccc3C(F)(F)F)CC2)Cc2ccccc21. The molecule has 8 heteroatoms. The Bertz CT molecular complexity index is 980. The molecule has 2 aliphatic rings. The van der Waals surface area contributed by atoms with Crippen molar-refractivity contribution < 1.29 is 32.6 Å². The largest absolute Gasteiger partial charge is 0.448 e. The van der Waals surface area contributed by atoms with E-state index in [0.29, 0.717) is 5.56 Å². The molecule has 2 aromatic carbocycles. The predicted octanol–water partition coefficient (Wildman–Crippen LogP) is 3.30. The summed E-state index contributed by atoms with van der Waals surface area (Å²) in [5, 5.41) is 10.9. The number of esters is 1. The molecule has 1 saturated heterocycles. The van der Waals surface area contributed by atoms with Gasteiger partial charge in [-0.15, -0.1) is 0 Å². The highest BCUT2D eigenvalue weighted by Crippen LogP contribution is 2.41. The smallest absolute Gasteiger partial charge is 0.416 e. The average molecular weight is 419 g/mol. The number of ether oxygens (including phenoxy) is 1. The molecule has 30 heavy (non-hydrogen) atoms. The van der Waals surface area contributed by atoms with Gasteiger partial charge in [0, 0.05) is 19.5 Å². The van der Waals surface area contributed by atoms with Gasteiger partial charge in [0.1, 0.15) is 0 Å². The lowest BCUT2D eigenvalue weighted by atomic mass is 9.81. The van der Waals surface area contributed by atoms with E-state index in [2.05, 4.69) is 0 Å². The van der Waals surface area contributed by atoms with E-state index in [1.807, 2.05) is 0 Å². The number of likely N-dealkylation sites (tertiary alicyclic amines) is 1. The molecule has 0 bridgehead atoms. The summed E-state index contributed by atoms with van der Waals surface area (Å²) in [6.45, 7) is 0.133. The van der Waals surface area contributed by atoms with Gasteiger partial charge in [0.15, 0.2) is 6.10 Å². The third-order valence-electron chi connectivity index (χ3n) is 5.80. The van der Waals surface area contributed by atoms with Crippen LogP contribution < -0.4 is 0 Å². The molecule has 0 radical (unpaired) electrons. The number of cyclic esters (lactones) is 1. The van der Waals surface area contributed by atoms with Crippen LogP contribution in [0.2, 0.25) is 0 Å². The first kappa shape index (κ1) is 20.4. The zero-order valence-electron chi connectivity index (χ0n) is 16.0. The van der Waals surface area contributed by atoms with Crippen LogP contribution in [0.1, 0.15) is 39.9 Å². The van der Waals surface area contributed by atoms with Gasteiger partial charge in [-0.3, -0.25) is 4.79 Å². The fourth-order valence-electron chi connectivity index (χ4n) is 4.18. The molecular formula is C22H20F3NO4. The highest BCUT2D eigenvalue weighted by molar-refractivity contribution is 5.95. The zero-order valence-corrected chi connectivity index (χ0v) is 16.0. The van der Waals surface area contributed by atoms with Crippen LogP contribution in [0.15, 0.2) is 48.5 Å². The molecule has 1 fully saturated rings. The van der Waals surface area contributed by atoms with Crippen molar-refractivity contribution in [2.24, 2.45) is 0 Å². The molecule has 0 aliphatic carbocycles. The molecule has 0 aromatic heterocycles. The number of rotatable bonds is 2. The van der Waals surface area contributed by atoms with Gasteiger partial charge < -0.3 is 14.7 Å². The van der Waals surface area contributed by atoms with Crippen LogP contribution in [0, 0.1) is 0 Å². The molecule has 2 aromatic rings. The van der Waals surface area contributed by atoms with E-state index >= 15 is 0 Å². The minimum Gasteiger partial charge on any atom is -0.448 e. The summed E-state index contributed by atoms with van der Waals surface area (Å²) < 4.78 is 45.4. The Hall–Kier alpha value is -2.87. The number of amides is 1. The topological polar surface area (TPSA) is 66.8 Å². The highest BCUT2D eigenvalue weighted by Gasteiger charge is 2.44. The van der Waals surface area contributed by atoms with E-state index in [9.17, 15) is 27.9 Å². The van der Waals surface area contributed by atoms with Crippen molar-refractivity contribution >= 4 is 11.9 Å². The number of benzene rings is 2. The van der Waals surface area contributed by atoms with Gasteiger partial charge >= 0.3 is 12.1 Å². The molecule has 0 spiro atoms. The summed E-state index contributed by atoms with van der Waals surface area (Å²) in [5.41, 5.74) is -1.58. The maximum Gasteiger partial charge on any atom is 0.416 e. The van der Waals surface area contributed by atoms with Crippen LogP contribution in [0.25, 0.3) is 0 Å². The van der Waals surface area contributed by atoms with Crippen LogP contribution in [-0.2, 0) is 27.7 Å². The van der Waals surface area contributed by atoms with Crippen molar-refractivity contribution in [3.63, 3.8) is 0 Å². The second kappa shape index (κ2) is 7.43. The van der Waals surface area contributed by atoms with Gasteiger partial charge in [0.05, 0.1) is 16.7 Å². The van der Waals surface area contributed by atoms with E-state index in [1.165, 1.54) is 23.1 Å². The fraction of sp³-hybridized carbons (Fsp3) is 0.364. The van der Waals surface area contributed by atoms with Gasteiger partial charge in [-0.1, -0.05) is 36.4 Å². The number of carbonyl (C=O) groups is 2. The predicted molar refractivity (Wildman–Crippen MR) is 101 cm³/mol. The van der Waals surface area contributed by atoms with Crippen molar-refractivity contribution in [1.29, 1.82) is 0 Å². The molecule has 1 unspecified atom stereocenters. The maximum absolute atomic E-state index is 13.4. The number of carbonyl (C=O) groups excluding carboxylic acids is 2. The van der Waals surface area contributed by atoms with Crippen LogP contribution >= 0.6 is 0 Å². The number of aliphatic hydroxyl groups is 1. The molecule has 158 valence electrons.